The van der Waals surface area contributed by atoms with Gasteiger partial charge in [0.25, 0.3) is 0 Å². The van der Waals surface area contributed by atoms with E-state index in [-0.39, 0.29) is 17.3 Å². The Morgan fingerprint density at radius 1 is 1.21 bits per heavy atom. The number of amides is 1. The summed E-state index contributed by atoms with van der Waals surface area (Å²) in [7, 11) is 0. The molecule has 1 atom stereocenters. The van der Waals surface area contributed by atoms with E-state index < -0.39 is 11.7 Å². The summed E-state index contributed by atoms with van der Waals surface area (Å²) >= 11 is 0. The predicted molar refractivity (Wildman–Crippen MR) is 124 cm³/mol. The number of pyridine rings is 1. The van der Waals surface area contributed by atoms with Gasteiger partial charge in [0.15, 0.2) is 11.6 Å². The molecule has 180 valence electrons. The molecule has 2 saturated heterocycles. The number of likely N-dealkylation sites (tertiary alicyclic amines) is 1. The van der Waals surface area contributed by atoms with Gasteiger partial charge in [0.2, 0.25) is 11.7 Å². The van der Waals surface area contributed by atoms with Crippen LogP contribution in [0.15, 0.2) is 24.5 Å². The first-order chi connectivity index (χ1) is 16.1. The van der Waals surface area contributed by atoms with Gasteiger partial charge in [-0.2, -0.15) is 8.78 Å². The fraction of sp³-hybridized carbons (Fsp3) is 0.522. The number of alkyl halides is 2. The Balaban J connectivity index is 1.59. The van der Waals surface area contributed by atoms with Crippen LogP contribution in [0.2, 0.25) is 0 Å². The molecule has 2 aliphatic rings. The van der Waals surface area contributed by atoms with Crippen LogP contribution in [0.25, 0.3) is 16.7 Å². The Bertz CT molecular complexity index is 1230. The van der Waals surface area contributed by atoms with E-state index >= 15 is 0 Å². The smallest absolute Gasteiger partial charge is 0.303 e. The molecule has 0 aromatic carbocycles. The predicted octanol–water partition coefficient (Wildman–Crippen LogP) is 3.35. The lowest BCUT2D eigenvalue weighted by Crippen LogP contribution is -2.46. The second-order valence-electron chi connectivity index (χ2n) is 9.49. The Labute approximate surface area is 196 Å². The first-order valence-electron chi connectivity index (χ1n) is 11.5. The van der Waals surface area contributed by atoms with Crippen LogP contribution >= 0.6 is 0 Å². The highest BCUT2D eigenvalue weighted by molar-refractivity contribution is 5.95. The maximum Gasteiger partial charge on any atom is 0.303 e. The topological polar surface area (TPSA) is 92.1 Å². The maximum absolute atomic E-state index is 13.9. The van der Waals surface area contributed by atoms with E-state index in [1.54, 1.807) is 18.3 Å². The summed E-state index contributed by atoms with van der Waals surface area (Å²) in [6, 6.07) is 3.23. The highest BCUT2D eigenvalue weighted by Gasteiger charge is 2.41. The molecule has 3 aromatic heterocycles. The maximum atomic E-state index is 13.9. The minimum atomic E-state index is -3.18. The van der Waals surface area contributed by atoms with E-state index in [0.29, 0.717) is 11.3 Å². The van der Waals surface area contributed by atoms with E-state index in [2.05, 4.69) is 37.0 Å². The molecule has 9 nitrogen and oxygen atoms in total. The number of hydrogen-bond acceptors (Lipinski definition) is 7. The van der Waals surface area contributed by atoms with Gasteiger partial charge in [-0.05, 0) is 39.3 Å². The molecule has 11 heteroatoms. The van der Waals surface area contributed by atoms with Gasteiger partial charge in [-0.3, -0.25) is 9.69 Å². The lowest BCUT2D eigenvalue weighted by molar-refractivity contribution is -0.114. The van der Waals surface area contributed by atoms with Crippen LogP contribution in [0.4, 0.5) is 20.4 Å². The van der Waals surface area contributed by atoms with Crippen molar-refractivity contribution >= 4 is 28.4 Å². The zero-order valence-electron chi connectivity index (χ0n) is 19.6. The molecule has 2 aliphatic heterocycles. The zero-order chi connectivity index (χ0) is 24.1. The van der Waals surface area contributed by atoms with E-state index in [1.165, 1.54) is 30.6 Å². The van der Waals surface area contributed by atoms with E-state index in [4.69, 9.17) is 5.10 Å². The SMILES string of the molecule is CC(=O)Nc1cc2c(cn1)c(N1CC[C@@](C)(N3CCCC3)C1)nn2-c1ccnc(C(C)(F)F)n1. The summed E-state index contributed by atoms with van der Waals surface area (Å²) in [6.45, 7) is 8.32. The molecule has 1 N–H and O–H groups in total. The van der Waals surface area contributed by atoms with Crippen molar-refractivity contribution in [3.63, 3.8) is 0 Å². The quantitative estimate of drug-likeness (QED) is 0.611. The normalized spacial score (nSPS) is 21.5. The van der Waals surface area contributed by atoms with Gasteiger partial charge in [0.05, 0.1) is 10.9 Å². The molecule has 34 heavy (non-hydrogen) atoms. The lowest BCUT2D eigenvalue weighted by Gasteiger charge is -2.35. The van der Waals surface area contributed by atoms with Gasteiger partial charge in [-0.25, -0.2) is 19.6 Å². The highest BCUT2D eigenvalue weighted by atomic mass is 19.3. The van der Waals surface area contributed by atoms with Crippen molar-refractivity contribution in [3.8, 4) is 5.82 Å². The summed E-state index contributed by atoms with van der Waals surface area (Å²) in [6.07, 6.45) is 6.43. The van der Waals surface area contributed by atoms with Crippen LogP contribution in [-0.2, 0) is 10.7 Å². The second-order valence-corrected chi connectivity index (χ2v) is 9.49. The number of fused-ring (bicyclic) bond motifs is 1. The molecule has 0 radical (unpaired) electrons. The molecule has 3 aromatic rings. The molecule has 1 amide bonds. The molecule has 0 unspecified atom stereocenters. The van der Waals surface area contributed by atoms with Gasteiger partial charge < -0.3 is 10.2 Å². The number of hydrogen-bond donors (Lipinski definition) is 1. The Hall–Kier alpha value is -3.21. The molecule has 0 saturated carbocycles. The monoisotopic (exact) mass is 470 g/mol. The fourth-order valence-corrected chi connectivity index (χ4v) is 4.97. The first kappa shape index (κ1) is 22.6. The van der Waals surface area contributed by atoms with Gasteiger partial charge in [0, 0.05) is 57.0 Å². The number of nitrogens with one attached hydrogen (secondary N) is 1. The van der Waals surface area contributed by atoms with Gasteiger partial charge in [0.1, 0.15) is 5.82 Å². The zero-order valence-corrected chi connectivity index (χ0v) is 19.6. The van der Waals surface area contributed by atoms with E-state index in [9.17, 15) is 13.6 Å². The number of carbonyl (C=O) groups excluding carboxylic acids is 1. The first-order valence-corrected chi connectivity index (χ1v) is 11.5. The number of nitrogens with zero attached hydrogens (tertiary/aromatic N) is 7. The average molecular weight is 471 g/mol. The van der Waals surface area contributed by atoms with Crippen molar-refractivity contribution in [1.29, 1.82) is 0 Å². The Kier molecular flexibility index (Phi) is 5.46. The van der Waals surface area contributed by atoms with Crippen LogP contribution in [0.5, 0.6) is 0 Å². The number of halogens is 2. The second kappa shape index (κ2) is 8.23. The van der Waals surface area contributed by atoms with E-state index in [0.717, 1.165) is 50.7 Å². The number of rotatable bonds is 5. The molecule has 0 aliphatic carbocycles. The van der Waals surface area contributed by atoms with Crippen molar-refractivity contribution in [3.05, 3.63) is 30.4 Å². The minimum absolute atomic E-state index is 0.0580. The molecule has 5 heterocycles. The summed E-state index contributed by atoms with van der Waals surface area (Å²) in [5, 5.41) is 8.26. The summed E-state index contributed by atoms with van der Waals surface area (Å²) in [4.78, 5) is 28.6. The molecule has 0 spiro atoms. The van der Waals surface area contributed by atoms with Crippen molar-refractivity contribution in [1.82, 2.24) is 29.6 Å². The molecule has 2 fully saturated rings. The third-order valence-electron chi connectivity index (χ3n) is 6.72. The molecule has 5 rings (SSSR count). The molecular weight excluding hydrogens is 442 g/mol. The number of anilines is 2. The largest absolute Gasteiger partial charge is 0.353 e. The van der Waals surface area contributed by atoms with Gasteiger partial charge in [-0.1, -0.05) is 0 Å². The number of carbonyl (C=O) groups is 1. The summed E-state index contributed by atoms with van der Waals surface area (Å²) < 4.78 is 29.4. The molecule has 0 bridgehead atoms. The highest BCUT2D eigenvalue weighted by Crippen LogP contribution is 2.37. The fourth-order valence-electron chi connectivity index (χ4n) is 4.97. The average Bonchev–Trinajstić information content (AvgIpc) is 3.52. The van der Waals surface area contributed by atoms with Crippen LogP contribution in [-0.4, -0.2) is 67.3 Å². The third-order valence-corrected chi connectivity index (χ3v) is 6.72. The van der Waals surface area contributed by atoms with Crippen LogP contribution in [0, 0.1) is 0 Å². The number of aromatic nitrogens is 5. The molecular formula is C23H28F2N8O. The Morgan fingerprint density at radius 3 is 2.68 bits per heavy atom. The van der Waals surface area contributed by atoms with Gasteiger partial charge in [-0.15, -0.1) is 5.10 Å². The standard InChI is InChI=1S/C23H28F2N8O/c1-15(34)28-18-12-17-16(13-27-18)20(31-11-7-22(2,14-31)32-9-4-5-10-32)30-33(17)19-6-8-26-21(29-19)23(3,24)25/h6,8,12-13H,4-5,7,9-11,14H2,1-3H3,(H,27,28,34)/t22-/m1/s1. The van der Waals surface area contributed by atoms with Crippen molar-refractivity contribution < 1.29 is 13.6 Å². The van der Waals surface area contributed by atoms with Gasteiger partial charge >= 0.3 is 5.92 Å². The minimum Gasteiger partial charge on any atom is -0.353 e. The van der Waals surface area contributed by atoms with E-state index in [1.807, 2.05) is 0 Å². The lowest BCUT2D eigenvalue weighted by atomic mass is 10.00. The summed E-state index contributed by atoms with van der Waals surface area (Å²) in [5.74, 6) is -2.71. The van der Waals surface area contributed by atoms with Crippen molar-refractivity contribution in [2.24, 2.45) is 0 Å². The van der Waals surface area contributed by atoms with Crippen LogP contribution in [0.1, 0.15) is 45.9 Å². The van der Waals surface area contributed by atoms with Crippen LogP contribution in [0.3, 0.4) is 0 Å². The van der Waals surface area contributed by atoms with Crippen molar-refractivity contribution in [2.45, 2.75) is 51.5 Å². The van der Waals surface area contributed by atoms with Crippen LogP contribution < -0.4 is 10.2 Å². The third kappa shape index (κ3) is 4.08. The summed E-state index contributed by atoms with van der Waals surface area (Å²) in [5.41, 5.74) is 0.676. The van der Waals surface area contributed by atoms with Crippen molar-refractivity contribution in [2.75, 3.05) is 36.4 Å². The Morgan fingerprint density at radius 2 is 1.97 bits per heavy atom.